The largest absolute Gasteiger partial charge is 0.462 e. The molecule has 0 fully saturated rings. The second kappa shape index (κ2) is 8.89. The highest BCUT2D eigenvalue weighted by atomic mass is 32.2. The summed E-state index contributed by atoms with van der Waals surface area (Å²) in [5.41, 5.74) is 1.63. The van der Waals surface area contributed by atoms with Crippen molar-refractivity contribution in [2.24, 2.45) is 0 Å². The molecule has 0 radical (unpaired) electrons. The van der Waals surface area contributed by atoms with E-state index in [1.54, 1.807) is 13.0 Å². The molecule has 128 valence electrons. The molecule has 1 aromatic heterocycles. The summed E-state index contributed by atoms with van der Waals surface area (Å²) in [4.78, 5) is 26.3. The van der Waals surface area contributed by atoms with Crippen molar-refractivity contribution in [1.29, 1.82) is 0 Å². The highest BCUT2D eigenvalue weighted by Gasteiger charge is 2.18. The summed E-state index contributed by atoms with van der Waals surface area (Å²) in [7, 11) is 0. The van der Waals surface area contributed by atoms with Crippen LogP contribution in [0.15, 0.2) is 35.2 Å². The van der Waals surface area contributed by atoms with Gasteiger partial charge < -0.3 is 10.1 Å². The van der Waals surface area contributed by atoms with Gasteiger partial charge in [-0.05, 0) is 38.5 Å². The van der Waals surface area contributed by atoms with Crippen molar-refractivity contribution in [3.05, 3.63) is 46.3 Å². The van der Waals surface area contributed by atoms with Crippen molar-refractivity contribution < 1.29 is 14.3 Å². The Morgan fingerprint density at radius 2 is 1.92 bits per heavy atom. The summed E-state index contributed by atoms with van der Waals surface area (Å²) >= 11 is 2.89. The number of carbonyl (C=O) groups excluding carboxylic acids is 2. The van der Waals surface area contributed by atoms with Crippen molar-refractivity contribution >= 4 is 40.0 Å². The number of esters is 1. The summed E-state index contributed by atoms with van der Waals surface area (Å²) in [6.45, 7) is 6.12. The van der Waals surface area contributed by atoms with E-state index in [4.69, 9.17) is 4.74 Å². The van der Waals surface area contributed by atoms with Crippen molar-refractivity contribution in [3.8, 4) is 0 Å². The Labute approximate surface area is 150 Å². The third-order valence-corrected chi connectivity index (χ3v) is 5.48. The molecule has 1 heterocycles. The normalized spacial score (nSPS) is 10.5. The molecule has 1 N–H and O–H groups in total. The van der Waals surface area contributed by atoms with E-state index < -0.39 is 5.97 Å². The van der Waals surface area contributed by atoms with Crippen LogP contribution in [0.1, 0.15) is 34.6 Å². The number of ether oxygens (including phenoxy) is 1. The molecule has 0 spiro atoms. The van der Waals surface area contributed by atoms with Gasteiger partial charge in [0.15, 0.2) is 0 Å². The molecule has 2 rings (SSSR count). The third-order valence-electron chi connectivity index (χ3n) is 3.27. The maximum atomic E-state index is 12.2. The zero-order valence-electron chi connectivity index (χ0n) is 14.0. The van der Waals surface area contributed by atoms with Crippen molar-refractivity contribution in [3.63, 3.8) is 0 Å². The number of carbonyl (C=O) groups is 2. The summed E-state index contributed by atoms with van der Waals surface area (Å²) in [5, 5.41) is 3.41. The zero-order chi connectivity index (χ0) is 17.5. The van der Waals surface area contributed by atoms with Gasteiger partial charge in [0.1, 0.15) is 5.00 Å². The van der Waals surface area contributed by atoms with Gasteiger partial charge in [0.25, 0.3) is 0 Å². The fourth-order valence-electron chi connectivity index (χ4n) is 2.02. The number of benzene rings is 1. The molecule has 6 heteroatoms. The molecular formula is C18H21NO3S2. The van der Waals surface area contributed by atoms with E-state index in [0.29, 0.717) is 22.9 Å². The summed E-state index contributed by atoms with van der Waals surface area (Å²) in [6, 6.07) is 9.83. The van der Waals surface area contributed by atoms with Crippen LogP contribution in [0.4, 0.5) is 5.00 Å². The molecule has 4 nitrogen and oxygen atoms in total. The minimum Gasteiger partial charge on any atom is -0.462 e. The van der Waals surface area contributed by atoms with Crippen LogP contribution in [0, 0.1) is 6.92 Å². The Hall–Kier alpha value is -1.79. The molecular weight excluding hydrogens is 342 g/mol. The van der Waals surface area contributed by atoms with Gasteiger partial charge in [0, 0.05) is 9.77 Å². The van der Waals surface area contributed by atoms with Crippen LogP contribution in [0.2, 0.25) is 0 Å². The number of hydrogen-bond donors (Lipinski definition) is 1. The standard InChI is InChI=1S/C18H21NO3S2/c1-4-13-10-15(18(21)22-5-2)17(24-13)19-16(20)11-23-14-8-6-12(3)7-9-14/h6-10H,4-5,11H2,1-3H3,(H,19,20). The monoisotopic (exact) mass is 363 g/mol. The van der Waals surface area contributed by atoms with Crippen LogP contribution >= 0.6 is 23.1 Å². The second-order valence-electron chi connectivity index (χ2n) is 5.18. The molecule has 0 saturated carbocycles. The molecule has 0 bridgehead atoms. The lowest BCUT2D eigenvalue weighted by Crippen LogP contribution is -2.15. The van der Waals surface area contributed by atoms with Crippen LogP contribution in [0.5, 0.6) is 0 Å². The van der Waals surface area contributed by atoms with Gasteiger partial charge in [-0.2, -0.15) is 0 Å². The number of hydrogen-bond acceptors (Lipinski definition) is 5. The van der Waals surface area contributed by atoms with Crippen molar-refractivity contribution in [1.82, 2.24) is 0 Å². The summed E-state index contributed by atoms with van der Waals surface area (Å²) in [6.07, 6.45) is 0.811. The van der Waals surface area contributed by atoms with Gasteiger partial charge in [-0.3, -0.25) is 4.79 Å². The van der Waals surface area contributed by atoms with E-state index in [1.807, 2.05) is 38.1 Å². The van der Waals surface area contributed by atoms with Gasteiger partial charge in [0.2, 0.25) is 5.91 Å². The van der Waals surface area contributed by atoms with Crippen molar-refractivity contribution in [2.45, 2.75) is 32.1 Å². The Morgan fingerprint density at radius 1 is 1.21 bits per heavy atom. The molecule has 24 heavy (non-hydrogen) atoms. The van der Waals surface area contributed by atoms with Crippen LogP contribution in [0.25, 0.3) is 0 Å². The average Bonchev–Trinajstić information content (AvgIpc) is 2.97. The predicted octanol–water partition coefficient (Wildman–Crippen LogP) is 4.53. The molecule has 0 atom stereocenters. The SMILES string of the molecule is CCOC(=O)c1cc(CC)sc1NC(=O)CSc1ccc(C)cc1. The fourth-order valence-corrected chi connectivity index (χ4v) is 3.71. The fraction of sp³-hybridized carbons (Fsp3) is 0.333. The number of thiophene rings is 1. The lowest BCUT2D eigenvalue weighted by atomic mass is 10.2. The number of aryl methyl sites for hydroxylation is 2. The van der Waals surface area contributed by atoms with Gasteiger partial charge in [-0.25, -0.2) is 4.79 Å². The maximum Gasteiger partial charge on any atom is 0.341 e. The first kappa shape index (κ1) is 18.5. The molecule has 0 aliphatic carbocycles. The highest BCUT2D eigenvalue weighted by Crippen LogP contribution is 2.30. The maximum absolute atomic E-state index is 12.2. The van der Waals surface area contributed by atoms with Gasteiger partial charge in [-0.1, -0.05) is 24.6 Å². The Morgan fingerprint density at radius 3 is 2.54 bits per heavy atom. The Balaban J connectivity index is 2.01. The predicted molar refractivity (Wildman–Crippen MR) is 100 cm³/mol. The van der Waals surface area contributed by atoms with E-state index in [2.05, 4.69) is 5.32 Å². The Bertz CT molecular complexity index is 708. The van der Waals surface area contributed by atoms with E-state index in [0.717, 1.165) is 16.2 Å². The number of nitrogens with one attached hydrogen (secondary N) is 1. The van der Waals surface area contributed by atoms with E-state index in [1.165, 1.54) is 28.7 Å². The smallest absolute Gasteiger partial charge is 0.341 e. The first-order valence-corrected chi connectivity index (χ1v) is 9.62. The van der Waals surface area contributed by atoms with Crippen LogP contribution in [-0.2, 0) is 16.0 Å². The topological polar surface area (TPSA) is 55.4 Å². The minimum atomic E-state index is -0.394. The summed E-state index contributed by atoms with van der Waals surface area (Å²) in [5.74, 6) is -0.226. The molecule has 1 amide bonds. The van der Waals surface area contributed by atoms with Gasteiger partial charge >= 0.3 is 5.97 Å². The second-order valence-corrected chi connectivity index (χ2v) is 7.36. The highest BCUT2D eigenvalue weighted by molar-refractivity contribution is 8.00. The van der Waals surface area contributed by atoms with Gasteiger partial charge in [-0.15, -0.1) is 23.1 Å². The van der Waals surface area contributed by atoms with Crippen LogP contribution in [0.3, 0.4) is 0 Å². The Kier molecular flexibility index (Phi) is 6.87. The minimum absolute atomic E-state index is 0.129. The molecule has 0 aliphatic rings. The quantitative estimate of drug-likeness (QED) is 0.580. The lowest BCUT2D eigenvalue weighted by molar-refractivity contribution is -0.113. The molecule has 0 saturated heterocycles. The number of rotatable bonds is 7. The summed E-state index contributed by atoms with van der Waals surface area (Å²) < 4.78 is 5.06. The molecule has 0 aliphatic heterocycles. The van der Waals surface area contributed by atoms with Gasteiger partial charge in [0.05, 0.1) is 17.9 Å². The van der Waals surface area contributed by atoms with E-state index in [9.17, 15) is 9.59 Å². The number of amides is 1. The average molecular weight is 364 g/mol. The number of thioether (sulfide) groups is 1. The van der Waals surface area contributed by atoms with Crippen LogP contribution < -0.4 is 5.32 Å². The molecule has 0 unspecified atom stereocenters. The zero-order valence-corrected chi connectivity index (χ0v) is 15.7. The van der Waals surface area contributed by atoms with E-state index >= 15 is 0 Å². The first-order valence-electron chi connectivity index (χ1n) is 7.82. The molecule has 1 aromatic carbocycles. The number of anilines is 1. The first-order chi connectivity index (χ1) is 11.5. The lowest BCUT2D eigenvalue weighted by Gasteiger charge is -2.06. The van der Waals surface area contributed by atoms with E-state index in [-0.39, 0.29) is 5.91 Å². The van der Waals surface area contributed by atoms with Crippen LogP contribution in [-0.4, -0.2) is 24.2 Å². The van der Waals surface area contributed by atoms with Crippen molar-refractivity contribution in [2.75, 3.05) is 17.7 Å². The molecule has 2 aromatic rings. The third kappa shape index (κ3) is 5.11.